The lowest BCUT2D eigenvalue weighted by Gasteiger charge is -2.29. The van der Waals surface area contributed by atoms with Gasteiger partial charge in [-0.2, -0.15) is 0 Å². The van der Waals surface area contributed by atoms with Gasteiger partial charge in [-0.3, -0.25) is 4.79 Å². The van der Waals surface area contributed by atoms with Crippen molar-refractivity contribution in [1.29, 1.82) is 0 Å². The summed E-state index contributed by atoms with van der Waals surface area (Å²) in [5.41, 5.74) is 5.25. The molecule has 0 aromatic rings. The van der Waals surface area contributed by atoms with E-state index in [4.69, 9.17) is 10.5 Å². The number of nitrogens with one attached hydrogen (secondary N) is 2. The predicted molar refractivity (Wildman–Crippen MR) is 63.2 cm³/mol. The molecule has 1 atom stereocenters. The van der Waals surface area contributed by atoms with Crippen LogP contribution in [0.15, 0.2) is 0 Å². The summed E-state index contributed by atoms with van der Waals surface area (Å²) in [7, 11) is 0. The van der Waals surface area contributed by atoms with Gasteiger partial charge in [0, 0.05) is 0 Å². The maximum atomic E-state index is 11.8. The van der Waals surface area contributed by atoms with Crippen molar-refractivity contribution in [2.45, 2.75) is 25.8 Å². The minimum absolute atomic E-state index is 0.110. The molecule has 0 spiro atoms. The molecule has 1 rings (SSSR count). The molecule has 1 unspecified atom stereocenters. The first-order valence-electron chi connectivity index (χ1n) is 6.05. The quantitative estimate of drug-likeness (QED) is 0.538. The van der Waals surface area contributed by atoms with Crippen LogP contribution in [0.25, 0.3) is 0 Å². The molecule has 1 amide bonds. The SMILES string of the molecule is CCOC(=O)C(NC(=O)CN)C1CCNCC1. The van der Waals surface area contributed by atoms with Gasteiger partial charge in [0.1, 0.15) is 6.04 Å². The first-order valence-corrected chi connectivity index (χ1v) is 6.05. The monoisotopic (exact) mass is 243 g/mol. The largest absolute Gasteiger partial charge is 0.464 e. The topological polar surface area (TPSA) is 93.5 Å². The normalized spacial score (nSPS) is 18.5. The van der Waals surface area contributed by atoms with Crippen molar-refractivity contribution >= 4 is 11.9 Å². The molecule has 1 fully saturated rings. The maximum Gasteiger partial charge on any atom is 0.328 e. The third kappa shape index (κ3) is 4.32. The van der Waals surface area contributed by atoms with E-state index in [1.807, 2.05) is 0 Å². The Kier molecular flexibility index (Phi) is 5.93. The highest BCUT2D eigenvalue weighted by Crippen LogP contribution is 2.17. The van der Waals surface area contributed by atoms with Crippen LogP contribution >= 0.6 is 0 Å². The molecule has 6 heteroatoms. The van der Waals surface area contributed by atoms with Gasteiger partial charge in [-0.25, -0.2) is 4.79 Å². The lowest BCUT2D eigenvalue weighted by atomic mass is 9.90. The van der Waals surface area contributed by atoms with E-state index in [1.54, 1.807) is 6.92 Å². The Balaban J connectivity index is 2.62. The van der Waals surface area contributed by atoms with Gasteiger partial charge in [0.05, 0.1) is 13.2 Å². The zero-order valence-electron chi connectivity index (χ0n) is 10.2. The fourth-order valence-corrected chi connectivity index (χ4v) is 2.01. The predicted octanol–water partition coefficient (Wildman–Crippen LogP) is -1.01. The molecule has 0 aromatic heterocycles. The molecule has 6 nitrogen and oxygen atoms in total. The van der Waals surface area contributed by atoms with Crippen molar-refractivity contribution in [3.05, 3.63) is 0 Å². The molecule has 0 radical (unpaired) electrons. The third-order valence-corrected chi connectivity index (χ3v) is 2.90. The minimum atomic E-state index is -0.562. The summed E-state index contributed by atoms with van der Waals surface area (Å²) in [5, 5.41) is 5.87. The van der Waals surface area contributed by atoms with Crippen LogP contribution in [0.2, 0.25) is 0 Å². The van der Waals surface area contributed by atoms with E-state index in [0.717, 1.165) is 25.9 Å². The molecule has 98 valence electrons. The van der Waals surface area contributed by atoms with E-state index in [2.05, 4.69) is 10.6 Å². The first kappa shape index (κ1) is 13.9. The van der Waals surface area contributed by atoms with Gasteiger partial charge in [0.15, 0.2) is 0 Å². The van der Waals surface area contributed by atoms with E-state index < -0.39 is 6.04 Å². The highest BCUT2D eigenvalue weighted by atomic mass is 16.5. The molecule has 1 aliphatic rings. The molecule has 17 heavy (non-hydrogen) atoms. The Morgan fingerprint density at radius 1 is 1.47 bits per heavy atom. The van der Waals surface area contributed by atoms with Crippen LogP contribution in [0.4, 0.5) is 0 Å². The number of ether oxygens (including phenoxy) is 1. The molecule has 1 heterocycles. The Morgan fingerprint density at radius 2 is 2.12 bits per heavy atom. The van der Waals surface area contributed by atoms with Crippen molar-refractivity contribution in [3.63, 3.8) is 0 Å². The number of piperidine rings is 1. The highest BCUT2D eigenvalue weighted by Gasteiger charge is 2.31. The standard InChI is InChI=1S/C11H21N3O3/c1-2-17-11(16)10(14-9(15)7-12)8-3-5-13-6-4-8/h8,10,13H,2-7,12H2,1H3,(H,14,15). The minimum Gasteiger partial charge on any atom is -0.464 e. The number of rotatable bonds is 5. The first-order chi connectivity index (χ1) is 8.19. The average molecular weight is 243 g/mol. The van der Waals surface area contributed by atoms with Crippen LogP contribution in [0.3, 0.4) is 0 Å². The smallest absolute Gasteiger partial charge is 0.328 e. The zero-order valence-corrected chi connectivity index (χ0v) is 10.2. The van der Waals surface area contributed by atoms with Crippen molar-refractivity contribution in [3.8, 4) is 0 Å². The second-order valence-electron chi connectivity index (χ2n) is 4.09. The lowest BCUT2D eigenvalue weighted by molar-refractivity contribution is -0.149. The number of hydrogen-bond acceptors (Lipinski definition) is 5. The van der Waals surface area contributed by atoms with Gasteiger partial charge in [0.2, 0.25) is 5.91 Å². The molecule has 4 N–H and O–H groups in total. The highest BCUT2D eigenvalue weighted by molar-refractivity contribution is 5.85. The van der Waals surface area contributed by atoms with Gasteiger partial charge in [-0.1, -0.05) is 0 Å². The van der Waals surface area contributed by atoms with Crippen LogP contribution in [0, 0.1) is 5.92 Å². The number of hydrogen-bond donors (Lipinski definition) is 3. The van der Waals surface area contributed by atoms with Crippen molar-refractivity contribution < 1.29 is 14.3 Å². The maximum absolute atomic E-state index is 11.8. The van der Waals surface area contributed by atoms with Crippen molar-refractivity contribution in [2.24, 2.45) is 11.7 Å². The zero-order chi connectivity index (χ0) is 12.7. The van der Waals surface area contributed by atoms with Crippen LogP contribution in [0.5, 0.6) is 0 Å². The Bertz CT molecular complexity index is 265. The molecular weight excluding hydrogens is 222 g/mol. The van der Waals surface area contributed by atoms with Gasteiger partial charge in [0.25, 0.3) is 0 Å². The summed E-state index contributed by atoms with van der Waals surface area (Å²) in [6.07, 6.45) is 1.71. The van der Waals surface area contributed by atoms with Gasteiger partial charge in [-0.15, -0.1) is 0 Å². The number of esters is 1. The van der Waals surface area contributed by atoms with Gasteiger partial charge < -0.3 is 21.1 Å². The third-order valence-electron chi connectivity index (χ3n) is 2.90. The number of nitrogens with two attached hydrogens (primary N) is 1. The second-order valence-corrected chi connectivity index (χ2v) is 4.09. The average Bonchev–Trinajstić information content (AvgIpc) is 2.36. The van der Waals surface area contributed by atoms with Gasteiger partial charge >= 0.3 is 5.97 Å². The molecule has 0 aromatic carbocycles. The van der Waals surface area contributed by atoms with E-state index >= 15 is 0 Å². The van der Waals surface area contributed by atoms with Crippen LogP contribution < -0.4 is 16.4 Å². The van der Waals surface area contributed by atoms with E-state index in [-0.39, 0.29) is 24.3 Å². The van der Waals surface area contributed by atoms with E-state index in [0.29, 0.717) is 6.61 Å². The van der Waals surface area contributed by atoms with E-state index in [9.17, 15) is 9.59 Å². The Hall–Kier alpha value is -1.14. The molecular formula is C11H21N3O3. The number of carbonyl (C=O) groups is 2. The van der Waals surface area contributed by atoms with Crippen molar-refractivity contribution in [2.75, 3.05) is 26.2 Å². The molecule has 0 aliphatic carbocycles. The van der Waals surface area contributed by atoms with E-state index in [1.165, 1.54) is 0 Å². The van der Waals surface area contributed by atoms with Gasteiger partial charge in [-0.05, 0) is 38.8 Å². The van der Waals surface area contributed by atoms with Crippen LogP contribution in [-0.4, -0.2) is 44.2 Å². The molecule has 1 saturated heterocycles. The molecule has 1 aliphatic heterocycles. The molecule has 0 bridgehead atoms. The summed E-state index contributed by atoms with van der Waals surface area (Å²) in [5.74, 6) is -0.548. The summed E-state index contributed by atoms with van der Waals surface area (Å²) < 4.78 is 4.99. The molecule has 0 saturated carbocycles. The fourth-order valence-electron chi connectivity index (χ4n) is 2.01. The fraction of sp³-hybridized carbons (Fsp3) is 0.818. The van der Waals surface area contributed by atoms with Crippen molar-refractivity contribution in [1.82, 2.24) is 10.6 Å². The number of amides is 1. The Labute approximate surface area is 101 Å². The lowest BCUT2D eigenvalue weighted by Crippen LogP contribution is -2.51. The summed E-state index contributed by atoms with van der Waals surface area (Å²) in [6, 6.07) is -0.562. The van der Waals surface area contributed by atoms with Crippen LogP contribution in [0.1, 0.15) is 19.8 Å². The Morgan fingerprint density at radius 3 is 2.65 bits per heavy atom. The van der Waals surface area contributed by atoms with Crippen LogP contribution in [-0.2, 0) is 14.3 Å². The second kappa shape index (κ2) is 7.24. The summed E-state index contributed by atoms with van der Waals surface area (Å²) >= 11 is 0. The number of carbonyl (C=O) groups excluding carboxylic acids is 2. The summed E-state index contributed by atoms with van der Waals surface area (Å²) in [6.45, 7) is 3.68. The summed E-state index contributed by atoms with van der Waals surface area (Å²) in [4.78, 5) is 23.1.